The highest BCUT2D eigenvalue weighted by molar-refractivity contribution is 5.84. The number of aldehydes is 1. The SMILES string of the molecule is O=C/C=C/c1ccc(C(=O)O)o1. The molecule has 0 radical (unpaired) electrons. The first-order valence-corrected chi connectivity index (χ1v) is 3.19. The molecule has 1 N–H and O–H groups in total. The van der Waals surface area contributed by atoms with Crippen molar-refractivity contribution in [1.82, 2.24) is 0 Å². The predicted molar refractivity (Wildman–Crippen MR) is 40.8 cm³/mol. The Bertz CT molecular complexity index is 322. The minimum atomic E-state index is -1.12. The molecule has 0 saturated carbocycles. The van der Waals surface area contributed by atoms with Crippen LogP contribution < -0.4 is 0 Å². The number of carboxylic acids is 1. The summed E-state index contributed by atoms with van der Waals surface area (Å²) in [6.07, 6.45) is 3.20. The second kappa shape index (κ2) is 3.52. The molecule has 1 rings (SSSR count). The summed E-state index contributed by atoms with van der Waals surface area (Å²) in [5.74, 6) is -0.916. The van der Waals surface area contributed by atoms with E-state index in [0.717, 1.165) is 0 Å². The van der Waals surface area contributed by atoms with Crippen molar-refractivity contribution >= 4 is 18.3 Å². The van der Waals surface area contributed by atoms with Gasteiger partial charge in [-0.1, -0.05) is 0 Å². The van der Waals surface area contributed by atoms with E-state index in [-0.39, 0.29) is 5.76 Å². The molecule has 0 aliphatic heterocycles. The van der Waals surface area contributed by atoms with E-state index in [4.69, 9.17) is 9.52 Å². The third kappa shape index (κ3) is 1.82. The minimum absolute atomic E-state index is 0.138. The Kier molecular flexibility index (Phi) is 2.42. The molecule has 0 saturated heterocycles. The average molecular weight is 166 g/mol. The van der Waals surface area contributed by atoms with Crippen LogP contribution in [0.15, 0.2) is 22.6 Å². The number of rotatable bonds is 3. The van der Waals surface area contributed by atoms with Crippen molar-refractivity contribution in [2.24, 2.45) is 0 Å². The van der Waals surface area contributed by atoms with Gasteiger partial charge in [-0.2, -0.15) is 0 Å². The molecule has 0 aromatic carbocycles. The fourth-order valence-corrected chi connectivity index (χ4v) is 0.691. The number of hydrogen-bond acceptors (Lipinski definition) is 3. The Morgan fingerprint density at radius 3 is 2.75 bits per heavy atom. The van der Waals surface area contributed by atoms with Crippen molar-refractivity contribution in [2.75, 3.05) is 0 Å². The van der Waals surface area contributed by atoms with Crippen molar-refractivity contribution in [3.63, 3.8) is 0 Å². The summed E-state index contributed by atoms with van der Waals surface area (Å²) in [5.41, 5.74) is 0. The standard InChI is InChI=1S/C8H6O4/c9-5-1-2-6-3-4-7(12-6)8(10)11/h1-5H,(H,10,11)/b2-1+. The molecule has 0 amide bonds. The van der Waals surface area contributed by atoms with Crippen LogP contribution in [0, 0.1) is 0 Å². The van der Waals surface area contributed by atoms with E-state index < -0.39 is 5.97 Å². The van der Waals surface area contributed by atoms with Gasteiger partial charge in [0, 0.05) is 0 Å². The Labute approximate surface area is 68.1 Å². The molecule has 62 valence electrons. The van der Waals surface area contributed by atoms with E-state index in [2.05, 4.69) is 0 Å². The second-order valence-electron chi connectivity index (χ2n) is 2.00. The highest BCUT2D eigenvalue weighted by atomic mass is 16.4. The van der Waals surface area contributed by atoms with Gasteiger partial charge in [-0.3, -0.25) is 4.79 Å². The number of carbonyl (C=O) groups is 2. The molecule has 12 heavy (non-hydrogen) atoms. The van der Waals surface area contributed by atoms with E-state index in [9.17, 15) is 9.59 Å². The van der Waals surface area contributed by atoms with Gasteiger partial charge in [-0.05, 0) is 24.3 Å². The van der Waals surface area contributed by atoms with Crippen LogP contribution in [0.25, 0.3) is 6.08 Å². The highest BCUT2D eigenvalue weighted by Crippen LogP contribution is 2.08. The third-order valence-electron chi connectivity index (χ3n) is 1.18. The quantitative estimate of drug-likeness (QED) is 0.541. The normalized spacial score (nSPS) is 10.3. The molecule has 0 atom stereocenters. The summed E-state index contributed by atoms with van der Waals surface area (Å²) in [6.45, 7) is 0. The maximum atomic E-state index is 10.3. The lowest BCUT2D eigenvalue weighted by Gasteiger charge is -1.83. The molecule has 0 aliphatic carbocycles. The van der Waals surface area contributed by atoms with Crippen LogP contribution in [0.5, 0.6) is 0 Å². The number of furan rings is 1. The second-order valence-corrected chi connectivity index (χ2v) is 2.00. The van der Waals surface area contributed by atoms with Crippen molar-refractivity contribution in [3.05, 3.63) is 29.7 Å². The molecular weight excluding hydrogens is 160 g/mol. The molecule has 1 aromatic rings. The fraction of sp³-hybridized carbons (Fsp3) is 0. The van der Waals surface area contributed by atoms with Gasteiger partial charge in [-0.25, -0.2) is 4.79 Å². The molecule has 4 heteroatoms. The zero-order valence-corrected chi connectivity index (χ0v) is 6.06. The molecule has 0 unspecified atom stereocenters. The van der Waals surface area contributed by atoms with Gasteiger partial charge in [0.2, 0.25) is 5.76 Å². The molecular formula is C8H6O4. The van der Waals surface area contributed by atoms with Crippen LogP contribution in [-0.2, 0) is 4.79 Å². The Hall–Kier alpha value is -1.84. The number of aromatic carboxylic acids is 1. The van der Waals surface area contributed by atoms with Crippen molar-refractivity contribution < 1.29 is 19.1 Å². The highest BCUT2D eigenvalue weighted by Gasteiger charge is 2.06. The zero-order valence-electron chi connectivity index (χ0n) is 6.06. The van der Waals surface area contributed by atoms with Gasteiger partial charge in [-0.15, -0.1) is 0 Å². The van der Waals surface area contributed by atoms with E-state index in [1.54, 1.807) is 0 Å². The van der Waals surface area contributed by atoms with Crippen LogP contribution in [0.3, 0.4) is 0 Å². The topological polar surface area (TPSA) is 67.5 Å². The van der Waals surface area contributed by atoms with Crippen LogP contribution in [0.2, 0.25) is 0 Å². The largest absolute Gasteiger partial charge is 0.475 e. The van der Waals surface area contributed by atoms with Gasteiger partial charge in [0.15, 0.2) is 0 Å². The van der Waals surface area contributed by atoms with E-state index in [0.29, 0.717) is 12.0 Å². The zero-order chi connectivity index (χ0) is 8.97. The fourth-order valence-electron chi connectivity index (χ4n) is 0.691. The van der Waals surface area contributed by atoms with Crippen LogP contribution >= 0.6 is 0 Å². The first-order chi connectivity index (χ1) is 5.74. The molecule has 4 nitrogen and oxygen atoms in total. The molecule has 0 fully saturated rings. The van der Waals surface area contributed by atoms with Crippen LogP contribution in [-0.4, -0.2) is 17.4 Å². The smallest absolute Gasteiger partial charge is 0.371 e. The van der Waals surface area contributed by atoms with Gasteiger partial charge in [0.1, 0.15) is 12.0 Å². The molecule has 1 heterocycles. The summed E-state index contributed by atoms with van der Waals surface area (Å²) >= 11 is 0. The van der Waals surface area contributed by atoms with Gasteiger partial charge in [0.05, 0.1) is 0 Å². The van der Waals surface area contributed by atoms with Gasteiger partial charge >= 0.3 is 5.97 Å². The Morgan fingerprint density at radius 1 is 1.50 bits per heavy atom. The summed E-state index contributed by atoms with van der Waals surface area (Å²) in [4.78, 5) is 20.2. The first kappa shape index (κ1) is 8.26. The lowest BCUT2D eigenvalue weighted by Crippen LogP contribution is -1.91. The van der Waals surface area contributed by atoms with Crippen molar-refractivity contribution in [2.45, 2.75) is 0 Å². The number of hydrogen-bond donors (Lipinski definition) is 1. The van der Waals surface area contributed by atoms with Crippen molar-refractivity contribution in [1.29, 1.82) is 0 Å². The number of carbonyl (C=O) groups excluding carboxylic acids is 1. The predicted octanol–water partition coefficient (Wildman–Crippen LogP) is 1.19. The molecule has 0 bridgehead atoms. The summed E-state index contributed by atoms with van der Waals surface area (Å²) in [6, 6.07) is 2.80. The molecule has 0 aliphatic rings. The monoisotopic (exact) mass is 166 g/mol. The summed E-state index contributed by atoms with van der Waals surface area (Å²) in [5, 5.41) is 8.44. The number of allylic oxidation sites excluding steroid dienone is 1. The van der Waals surface area contributed by atoms with Gasteiger partial charge in [0.25, 0.3) is 0 Å². The Morgan fingerprint density at radius 2 is 2.25 bits per heavy atom. The van der Waals surface area contributed by atoms with Crippen LogP contribution in [0.1, 0.15) is 16.3 Å². The Balaban J connectivity index is 2.84. The molecule has 0 spiro atoms. The third-order valence-corrected chi connectivity index (χ3v) is 1.18. The van der Waals surface area contributed by atoms with E-state index >= 15 is 0 Å². The van der Waals surface area contributed by atoms with Gasteiger partial charge < -0.3 is 9.52 Å². The first-order valence-electron chi connectivity index (χ1n) is 3.19. The number of carboxylic acid groups (broad SMARTS) is 1. The summed E-state index contributed by atoms with van der Waals surface area (Å²) < 4.78 is 4.80. The average Bonchev–Trinajstić information content (AvgIpc) is 2.48. The molecule has 1 aromatic heterocycles. The maximum Gasteiger partial charge on any atom is 0.371 e. The van der Waals surface area contributed by atoms with Crippen LogP contribution in [0.4, 0.5) is 0 Å². The van der Waals surface area contributed by atoms with E-state index in [1.807, 2.05) is 0 Å². The lowest BCUT2D eigenvalue weighted by molar-refractivity contribution is -0.104. The van der Waals surface area contributed by atoms with Crippen molar-refractivity contribution in [3.8, 4) is 0 Å². The van der Waals surface area contributed by atoms with E-state index in [1.165, 1.54) is 24.3 Å². The minimum Gasteiger partial charge on any atom is -0.475 e. The lowest BCUT2D eigenvalue weighted by atomic mass is 10.4. The maximum absolute atomic E-state index is 10.3. The summed E-state index contributed by atoms with van der Waals surface area (Å²) in [7, 11) is 0.